The number of nitrogens with one attached hydrogen (secondary N) is 1. The van der Waals surface area contributed by atoms with Crippen LogP contribution in [-0.4, -0.2) is 4.98 Å². The summed E-state index contributed by atoms with van der Waals surface area (Å²) in [5.74, 6) is -0.566. The highest BCUT2D eigenvalue weighted by atomic mass is 35.5. The predicted molar refractivity (Wildman–Crippen MR) is 66.9 cm³/mol. The molecule has 1 heterocycles. The fourth-order valence-electron chi connectivity index (χ4n) is 1.72. The minimum Gasteiger partial charge on any atom is -0.325 e. The molecule has 0 saturated heterocycles. The van der Waals surface area contributed by atoms with Gasteiger partial charge in [-0.25, -0.2) is 4.39 Å². The van der Waals surface area contributed by atoms with Gasteiger partial charge < -0.3 is 4.98 Å². The van der Waals surface area contributed by atoms with Gasteiger partial charge in [0.25, 0.3) is 5.56 Å². The molecular formula is C13H8ClFN2O. The number of H-pyrrole nitrogens is 1. The Bertz CT molecular complexity index is 716. The van der Waals surface area contributed by atoms with Crippen molar-refractivity contribution < 1.29 is 4.39 Å². The smallest absolute Gasteiger partial charge is 0.266 e. The van der Waals surface area contributed by atoms with E-state index in [2.05, 4.69) is 4.98 Å². The first kappa shape index (κ1) is 12.3. The van der Waals surface area contributed by atoms with Crippen molar-refractivity contribution >= 4 is 11.6 Å². The van der Waals surface area contributed by atoms with Crippen molar-refractivity contribution in [2.24, 2.45) is 0 Å². The summed E-state index contributed by atoms with van der Waals surface area (Å²) in [6, 6.07) is 7.46. The number of hydrogen-bond donors (Lipinski definition) is 1. The molecule has 0 bridgehead atoms. The monoisotopic (exact) mass is 262 g/mol. The average Bonchev–Trinajstić information content (AvgIpc) is 2.28. The van der Waals surface area contributed by atoms with E-state index < -0.39 is 11.4 Å². The first-order valence-corrected chi connectivity index (χ1v) is 5.50. The first-order chi connectivity index (χ1) is 8.52. The lowest BCUT2D eigenvalue weighted by Crippen LogP contribution is -2.13. The third-order valence-electron chi connectivity index (χ3n) is 2.50. The van der Waals surface area contributed by atoms with Gasteiger partial charge in [0.05, 0.1) is 0 Å². The first-order valence-electron chi connectivity index (χ1n) is 5.12. The second-order valence-corrected chi connectivity index (χ2v) is 4.24. The van der Waals surface area contributed by atoms with Crippen LogP contribution in [0.2, 0.25) is 5.02 Å². The number of hydrogen-bond acceptors (Lipinski definition) is 2. The summed E-state index contributed by atoms with van der Waals surface area (Å²) in [5.41, 5.74) is 0.380. The van der Waals surface area contributed by atoms with Crippen LogP contribution in [0, 0.1) is 24.1 Å². The van der Waals surface area contributed by atoms with Crippen molar-refractivity contribution in [2.75, 3.05) is 0 Å². The molecule has 0 atom stereocenters. The maximum atomic E-state index is 13.8. The van der Waals surface area contributed by atoms with E-state index in [9.17, 15) is 9.18 Å². The Labute approximate surface area is 107 Å². The molecular weight excluding hydrogens is 255 g/mol. The molecule has 0 aliphatic rings. The topological polar surface area (TPSA) is 56.6 Å². The minimum atomic E-state index is -0.566. The van der Waals surface area contributed by atoms with Crippen LogP contribution in [0.1, 0.15) is 11.3 Å². The number of halogens is 2. The van der Waals surface area contributed by atoms with Crippen LogP contribution >= 0.6 is 11.6 Å². The molecule has 0 aliphatic carbocycles. The van der Waals surface area contributed by atoms with Crippen molar-refractivity contribution in [1.29, 1.82) is 5.26 Å². The Hall–Kier alpha value is -2.12. The fourth-order valence-corrected chi connectivity index (χ4v) is 1.88. The average molecular weight is 263 g/mol. The number of nitriles is 1. The van der Waals surface area contributed by atoms with E-state index in [-0.39, 0.29) is 21.7 Å². The van der Waals surface area contributed by atoms with E-state index in [0.717, 1.165) is 6.07 Å². The number of aromatic nitrogens is 1. The highest BCUT2D eigenvalue weighted by Gasteiger charge is 2.13. The Balaban J connectivity index is 2.79. The molecule has 1 N–H and O–H groups in total. The van der Waals surface area contributed by atoms with E-state index in [1.54, 1.807) is 19.1 Å². The van der Waals surface area contributed by atoms with Crippen LogP contribution in [0.25, 0.3) is 11.1 Å². The highest BCUT2D eigenvalue weighted by Crippen LogP contribution is 2.26. The Morgan fingerprint density at radius 1 is 1.33 bits per heavy atom. The van der Waals surface area contributed by atoms with Gasteiger partial charge in [-0.3, -0.25) is 4.79 Å². The summed E-state index contributed by atoms with van der Waals surface area (Å²) in [7, 11) is 0. The SMILES string of the molecule is Cc1cc(-c2ccc(Cl)cc2F)c(C#N)c(=O)[nH]1. The van der Waals surface area contributed by atoms with Crippen LogP contribution < -0.4 is 5.56 Å². The van der Waals surface area contributed by atoms with E-state index in [4.69, 9.17) is 16.9 Å². The Morgan fingerprint density at radius 2 is 2.06 bits per heavy atom. The molecule has 0 aliphatic heterocycles. The number of benzene rings is 1. The van der Waals surface area contributed by atoms with Crippen LogP contribution in [0.4, 0.5) is 4.39 Å². The number of pyridine rings is 1. The number of aryl methyl sites for hydroxylation is 1. The van der Waals surface area contributed by atoms with Gasteiger partial charge in [0.1, 0.15) is 17.4 Å². The summed E-state index contributed by atoms with van der Waals surface area (Å²) < 4.78 is 13.8. The molecule has 0 fully saturated rings. The third-order valence-corrected chi connectivity index (χ3v) is 2.74. The Morgan fingerprint density at radius 3 is 2.67 bits per heavy atom. The van der Waals surface area contributed by atoms with Crippen LogP contribution in [0.3, 0.4) is 0 Å². The molecule has 2 rings (SSSR count). The van der Waals surface area contributed by atoms with Gasteiger partial charge >= 0.3 is 0 Å². The van der Waals surface area contributed by atoms with Crippen molar-refractivity contribution in [3.63, 3.8) is 0 Å². The number of aromatic amines is 1. The Kier molecular flexibility index (Phi) is 3.17. The molecule has 0 radical (unpaired) electrons. The van der Waals surface area contributed by atoms with Gasteiger partial charge in [-0.2, -0.15) is 5.26 Å². The maximum absolute atomic E-state index is 13.8. The summed E-state index contributed by atoms with van der Waals surface area (Å²) in [6.07, 6.45) is 0. The molecule has 1 aromatic heterocycles. The number of rotatable bonds is 1. The zero-order valence-corrected chi connectivity index (χ0v) is 10.2. The van der Waals surface area contributed by atoms with Crippen molar-refractivity contribution in [1.82, 2.24) is 4.98 Å². The van der Waals surface area contributed by atoms with E-state index in [1.807, 2.05) is 0 Å². The lowest BCUT2D eigenvalue weighted by atomic mass is 10.0. The van der Waals surface area contributed by atoms with Gasteiger partial charge in [-0.05, 0) is 31.2 Å². The lowest BCUT2D eigenvalue weighted by Gasteiger charge is -2.06. The molecule has 18 heavy (non-hydrogen) atoms. The van der Waals surface area contributed by atoms with E-state index >= 15 is 0 Å². The molecule has 5 heteroatoms. The van der Waals surface area contributed by atoms with Gasteiger partial charge in [-0.15, -0.1) is 0 Å². The molecule has 90 valence electrons. The van der Waals surface area contributed by atoms with Crippen molar-refractivity contribution in [3.8, 4) is 17.2 Å². The predicted octanol–water partition coefficient (Wildman–Crippen LogP) is 3.01. The molecule has 0 saturated carbocycles. The molecule has 0 amide bonds. The van der Waals surface area contributed by atoms with Crippen LogP contribution in [0.5, 0.6) is 0 Å². The van der Waals surface area contributed by atoms with E-state index in [1.165, 1.54) is 12.1 Å². The van der Waals surface area contributed by atoms with E-state index in [0.29, 0.717) is 5.69 Å². The zero-order valence-electron chi connectivity index (χ0n) is 9.42. The van der Waals surface area contributed by atoms with Crippen molar-refractivity contribution in [2.45, 2.75) is 6.92 Å². The molecule has 0 unspecified atom stereocenters. The molecule has 3 nitrogen and oxygen atoms in total. The standard InChI is InChI=1S/C13H8ClFN2O/c1-7-4-10(11(6-16)13(18)17-7)9-3-2-8(14)5-12(9)15/h2-5H,1H3,(H,17,18). The summed E-state index contributed by atoms with van der Waals surface area (Å²) in [4.78, 5) is 14.1. The maximum Gasteiger partial charge on any atom is 0.266 e. The largest absolute Gasteiger partial charge is 0.325 e. The molecule has 2 aromatic rings. The molecule has 0 spiro atoms. The van der Waals surface area contributed by atoms with Gasteiger partial charge in [0.15, 0.2) is 0 Å². The van der Waals surface area contributed by atoms with Crippen LogP contribution in [-0.2, 0) is 0 Å². The summed E-state index contributed by atoms with van der Waals surface area (Å²) in [5, 5.41) is 9.24. The minimum absolute atomic E-state index is 0.109. The summed E-state index contributed by atoms with van der Waals surface area (Å²) >= 11 is 5.67. The highest BCUT2D eigenvalue weighted by molar-refractivity contribution is 6.30. The number of nitrogens with zero attached hydrogens (tertiary/aromatic N) is 1. The van der Waals surface area contributed by atoms with Crippen molar-refractivity contribution in [3.05, 3.63) is 56.7 Å². The normalized spacial score (nSPS) is 10.1. The quantitative estimate of drug-likeness (QED) is 0.859. The van der Waals surface area contributed by atoms with Gasteiger partial charge in [0, 0.05) is 21.8 Å². The lowest BCUT2D eigenvalue weighted by molar-refractivity contribution is 0.631. The third kappa shape index (κ3) is 2.13. The van der Waals surface area contributed by atoms with Crippen LogP contribution in [0.15, 0.2) is 29.1 Å². The zero-order chi connectivity index (χ0) is 13.3. The fraction of sp³-hybridized carbons (Fsp3) is 0.0769. The van der Waals surface area contributed by atoms with Gasteiger partial charge in [0.2, 0.25) is 0 Å². The second-order valence-electron chi connectivity index (χ2n) is 3.81. The summed E-state index contributed by atoms with van der Waals surface area (Å²) in [6.45, 7) is 1.67. The van der Waals surface area contributed by atoms with Gasteiger partial charge in [-0.1, -0.05) is 11.6 Å². The molecule has 1 aromatic carbocycles. The second kappa shape index (κ2) is 4.63.